The number of fused-ring (bicyclic) bond motifs is 1. The molecular weight excluding hydrogens is 418 g/mol. The Labute approximate surface area is 191 Å². The summed E-state index contributed by atoms with van der Waals surface area (Å²) in [7, 11) is 1.60. The van der Waals surface area contributed by atoms with Gasteiger partial charge in [-0.15, -0.1) is 0 Å². The topological polar surface area (TPSA) is 100 Å². The van der Waals surface area contributed by atoms with E-state index in [0.717, 1.165) is 63.0 Å². The Balaban J connectivity index is 1.13. The van der Waals surface area contributed by atoms with Crippen molar-refractivity contribution >= 4 is 11.4 Å². The molecular formula is C24H27N7O2. The molecule has 9 heteroatoms. The molecule has 6 rings (SSSR count). The average Bonchev–Trinajstić information content (AvgIpc) is 3.44. The van der Waals surface area contributed by atoms with Crippen molar-refractivity contribution in [2.75, 3.05) is 33.3 Å². The van der Waals surface area contributed by atoms with E-state index in [4.69, 9.17) is 4.74 Å². The van der Waals surface area contributed by atoms with Crippen LogP contribution in [0.4, 0.5) is 0 Å². The lowest BCUT2D eigenvalue weighted by molar-refractivity contribution is -0.147. The minimum Gasteiger partial charge on any atom is -0.494 e. The minimum atomic E-state index is 0.230. The molecule has 1 aliphatic carbocycles. The average molecular weight is 446 g/mol. The number of rotatable bonds is 4. The number of nitriles is 1. The van der Waals surface area contributed by atoms with E-state index in [1.54, 1.807) is 17.8 Å². The molecule has 1 amide bonds. The summed E-state index contributed by atoms with van der Waals surface area (Å²) < 4.78 is 9.23. The second kappa shape index (κ2) is 7.59. The summed E-state index contributed by atoms with van der Waals surface area (Å²) in [4.78, 5) is 14.9. The molecule has 5 heterocycles. The Bertz CT molecular complexity index is 1250. The summed E-state index contributed by atoms with van der Waals surface area (Å²) in [5.74, 6) is 1.19. The van der Waals surface area contributed by atoms with E-state index in [1.165, 1.54) is 0 Å². The van der Waals surface area contributed by atoms with Gasteiger partial charge >= 0.3 is 0 Å². The maximum atomic E-state index is 12.9. The molecule has 0 radical (unpaired) electrons. The van der Waals surface area contributed by atoms with Crippen LogP contribution in [0.2, 0.25) is 0 Å². The highest BCUT2D eigenvalue weighted by Gasteiger charge is 2.51. The maximum Gasteiger partial charge on any atom is 0.225 e. The molecule has 33 heavy (non-hydrogen) atoms. The van der Waals surface area contributed by atoms with Crippen LogP contribution in [0, 0.1) is 22.7 Å². The lowest BCUT2D eigenvalue weighted by atomic mass is 9.58. The first-order valence-corrected chi connectivity index (χ1v) is 11.6. The molecule has 2 saturated heterocycles. The number of pyridine rings is 1. The highest BCUT2D eigenvalue weighted by atomic mass is 16.5. The van der Waals surface area contributed by atoms with Gasteiger partial charge in [-0.25, -0.2) is 4.52 Å². The molecule has 170 valence electrons. The van der Waals surface area contributed by atoms with Gasteiger partial charge in [0.15, 0.2) is 0 Å². The van der Waals surface area contributed by atoms with Gasteiger partial charge in [0.1, 0.15) is 22.9 Å². The van der Waals surface area contributed by atoms with Gasteiger partial charge < -0.3 is 15.0 Å². The lowest BCUT2D eigenvalue weighted by Gasteiger charge is -2.54. The van der Waals surface area contributed by atoms with E-state index < -0.39 is 0 Å². The van der Waals surface area contributed by atoms with Crippen LogP contribution in [0.5, 0.6) is 5.75 Å². The molecule has 0 atom stereocenters. The third kappa shape index (κ3) is 3.28. The number of aromatic nitrogens is 4. The predicted octanol–water partition coefficient (Wildman–Crippen LogP) is 2.24. The van der Waals surface area contributed by atoms with Gasteiger partial charge in [0, 0.05) is 55.6 Å². The number of carbonyl (C=O) groups is 1. The molecule has 1 saturated carbocycles. The molecule has 3 aliphatic rings. The first-order chi connectivity index (χ1) is 16.1. The Morgan fingerprint density at radius 3 is 2.64 bits per heavy atom. The van der Waals surface area contributed by atoms with Crippen LogP contribution < -0.4 is 10.1 Å². The van der Waals surface area contributed by atoms with E-state index in [-0.39, 0.29) is 12.0 Å². The quantitative estimate of drug-likeness (QED) is 0.661. The molecule has 3 aromatic rings. The SMILES string of the molecule is COc1cc(-c2cnn(C3CCN(C(=O)C4CC5(CNC5)C4)CC3)c2)cn2ncc(C#N)c12. The monoisotopic (exact) mass is 445 g/mol. The number of piperidine rings is 1. The van der Waals surface area contributed by atoms with Crippen LogP contribution in [0.3, 0.4) is 0 Å². The maximum absolute atomic E-state index is 12.9. The Morgan fingerprint density at radius 1 is 1.18 bits per heavy atom. The zero-order chi connectivity index (χ0) is 22.6. The highest BCUT2D eigenvalue weighted by Crippen LogP contribution is 2.49. The van der Waals surface area contributed by atoms with E-state index in [9.17, 15) is 10.1 Å². The van der Waals surface area contributed by atoms with E-state index >= 15 is 0 Å². The fraction of sp³-hybridized carbons (Fsp3) is 0.500. The van der Waals surface area contributed by atoms with Gasteiger partial charge in [0.25, 0.3) is 0 Å². The summed E-state index contributed by atoms with van der Waals surface area (Å²) in [6, 6.07) is 4.36. The third-order valence-corrected chi connectivity index (χ3v) is 7.71. The molecule has 2 aliphatic heterocycles. The van der Waals surface area contributed by atoms with Crippen LogP contribution in [0.25, 0.3) is 16.6 Å². The van der Waals surface area contributed by atoms with Crippen LogP contribution in [-0.2, 0) is 4.79 Å². The Hall–Kier alpha value is -3.38. The fourth-order valence-electron chi connectivity index (χ4n) is 5.70. The van der Waals surface area contributed by atoms with Crippen molar-refractivity contribution in [3.05, 3.63) is 36.4 Å². The van der Waals surface area contributed by atoms with Gasteiger partial charge in [-0.1, -0.05) is 0 Å². The van der Waals surface area contributed by atoms with Crippen molar-refractivity contribution in [3.8, 4) is 22.9 Å². The molecule has 0 aromatic carbocycles. The van der Waals surface area contributed by atoms with Crippen molar-refractivity contribution in [2.45, 2.75) is 31.7 Å². The number of nitrogens with zero attached hydrogens (tertiary/aromatic N) is 6. The molecule has 0 unspecified atom stereocenters. The first-order valence-electron chi connectivity index (χ1n) is 11.6. The van der Waals surface area contributed by atoms with Gasteiger partial charge in [0.05, 0.1) is 25.5 Å². The first kappa shape index (κ1) is 20.2. The van der Waals surface area contributed by atoms with Crippen molar-refractivity contribution < 1.29 is 9.53 Å². The van der Waals surface area contributed by atoms with Crippen molar-refractivity contribution in [1.82, 2.24) is 29.6 Å². The van der Waals surface area contributed by atoms with Gasteiger partial charge in [0.2, 0.25) is 5.91 Å². The second-order valence-corrected chi connectivity index (χ2v) is 9.73. The number of carbonyl (C=O) groups excluding carboxylic acids is 1. The van der Waals surface area contributed by atoms with E-state index in [1.807, 2.05) is 23.1 Å². The van der Waals surface area contributed by atoms with E-state index in [0.29, 0.717) is 28.2 Å². The largest absolute Gasteiger partial charge is 0.494 e. The van der Waals surface area contributed by atoms with Crippen LogP contribution in [0.1, 0.15) is 37.3 Å². The Kier molecular flexibility index (Phi) is 4.66. The summed E-state index contributed by atoms with van der Waals surface area (Å²) >= 11 is 0. The zero-order valence-corrected chi connectivity index (χ0v) is 18.7. The van der Waals surface area contributed by atoms with Gasteiger partial charge in [-0.3, -0.25) is 9.48 Å². The molecule has 0 bridgehead atoms. The zero-order valence-electron chi connectivity index (χ0n) is 18.7. The summed E-state index contributed by atoms with van der Waals surface area (Å²) in [5.41, 5.74) is 3.48. The van der Waals surface area contributed by atoms with Crippen LogP contribution >= 0.6 is 0 Å². The normalized spacial score (nSPS) is 20.4. The molecule has 1 spiro atoms. The summed E-state index contributed by atoms with van der Waals surface area (Å²) in [5, 5.41) is 21.6. The minimum absolute atomic E-state index is 0.230. The molecule has 3 fully saturated rings. The number of hydrogen-bond donors (Lipinski definition) is 1. The van der Waals surface area contributed by atoms with Crippen LogP contribution in [-0.4, -0.2) is 63.5 Å². The summed E-state index contributed by atoms with van der Waals surface area (Å²) in [6.45, 7) is 3.76. The smallest absolute Gasteiger partial charge is 0.225 e. The number of nitrogens with one attached hydrogen (secondary N) is 1. The number of methoxy groups -OCH3 is 1. The second-order valence-electron chi connectivity index (χ2n) is 9.73. The number of hydrogen-bond acceptors (Lipinski definition) is 6. The Morgan fingerprint density at radius 2 is 1.97 bits per heavy atom. The predicted molar refractivity (Wildman–Crippen MR) is 121 cm³/mol. The number of amides is 1. The van der Waals surface area contributed by atoms with Crippen molar-refractivity contribution in [3.63, 3.8) is 0 Å². The van der Waals surface area contributed by atoms with E-state index in [2.05, 4.69) is 32.7 Å². The summed E-state index contributed by atoms with van der Waals surface area (Å²) in [6.07, 6.45) is 11.3. The highest BCUT2D eigenvalue weighted by molar-refractivity contribution is 5.80. The molecule has 9 nitrogen and oxygen atoms in total. The van der Waals surface area contributed by atoms with Crippen LogP contribution in [0.15, 0.2) is 30.9 Å². The number of likely N-dealkylation sites (tertiary alicyclic amines) is 1. The third-order valence-electron chi connectivity index (χ3n) is 7.71. The standard InChI is InChI=1S/C24H27N7O2/c1-33-21-6-16(12-31-22(21)18(9-25)10-28-31)19-11-27-30(13-19)20-2-4-29(5-3-20)23(32)17-7-24(8-17)14-26-15-24/h6,10-13,17,20,26H,2-5,7-8,14-15H2,1H3. The fourth-order valence-corrected chi connectivity index (χ4v) is 5.70. The van der Waals surface area contributed by atoms with Gasteiger partial charge in [-0.2, -0.15) is 15.5 Å². The lowest BCUT2D eigenvalue weighted by Crippen LogP contribution is -2.62. The molecule has 3 aromatic heterocycles. The number of ether oxygens (including phenoxy) is 1. The molecule has 1 N–H and O–H groups in total. The van der Waals surface area contributed by atoms with Crippen molar-refractivity contribution in [1.29, 1.82) is 5.26 Å². The van der Waals surface area contributed by atoms with Crippen molar-refractivity contribution in [2.24, 2.45) is 11.3 Å². The van der Waals surface area contributed by atoms with Gasteiger partial charge in [-0.05, 0) is 37.2 Å².